The first-order valence-corrected chi connectivity index (χ1v) is 10.6. The summed E-state index contributed by atoms with van der Waals surface area (Å²) in [7, 11) is 0. The highest BCUT2D eigenvalue weighted by Crippen LogP contribution is 2.30. The number of hydrogen-bond donors (Lipinski definition) is 2. The number of benzene rings is 1. The lowest BCUT2D eigenvalue weighted by molar-refractivity contribution is -0.112. The molecule has 0 bridgehead atoms. The number of para-hydroxylation sites is 1. The smallest absolute Gasteiger partial charge is 0.267 e. The molecule has 3 aromatic rings. The fourth-order valence-electron chi connectivity index (χ4n) is 2.89. The van der Waals surface area contributed by atoms with Gasteiger partial charge in [0.1, 0.15) is 4.83 Å². The Morgan fingerprint density at radius 2 is 2.11 bits per heavy atom. The zero-order valence-electron chi connectivity index (χ0n) is 14.4. The van der Waals surface area contributed by atoms with Crippen LogP contribution in [-0.2, 0) is 4.79 Å². The third-order valence-electron chi connectivity index (χ3n) is 4.24. The number of rotatable bonds is 3. The number of thiophene rings is 1. The first-order chi connectivity index (χ1) is 13.0. The number of aryl methyl sites for hydroxylation is 1. The second-order valence-corrected chi connectivity index (χ2v) is 8.64. The highest BCUT2D eigenvalue weighted by molar-refractivity contribution is 8.14. The standard InChI is InChI=1S/C18H16N4O2S3/c1-10-12-9-14(15(23)20-18(25)19-13-7-8-26-17(13)24)27-16(12)22(21-10)11-5-3-2-4-6-11/h2-6,9,13H,7-8H2,1H3,(H2,19,20,23,25)/t13-/m1/s1. The van der Waals surface area contributed by atoms with Crippen molar-refractivity contribution >= 4 is 61.7 Å². The van der Waals surface area contributed by atoms with Crippen LogP contribution in [-0.4, -0.2) is 37.7 Å². The van der Waals surface area contributed by atoms with Gasteiger partial charge in [0.2, 0.25) is 5.12 Å². The molecule has 6 nitrogen and oxygen atoms in total. The highest BCUT2D eigenvalue weighted by Gasteiger charge is 2.26. The molecule has 138 valence electrons. The lowest BCUT2D eigenvalue weighted by atomic mass is 10.2. The Balaban J connectivity index is 1.54. The van der Waals surface area contributed by atoms with Gasteiger partial charge >= 0.3 is 0 Å². The molecule has 1 amide bonds. The lowest BCUT2D eigenvalue weighted by Gasteiger charge is -2.12. The Labute approximate surface area is 169 Å². The van der Waals surface area contributed by atoms with Gasteiger partial charge in [-0.05, 0) is 43.8 Å². The largest absolute Gasteiger partial charge is 0.352 e. The fraction of sp³-hybridized carbons (Fsp3) is 0.222. The molecule has 0 spiro atoms. The molecule has 0 unspecified atom stereocenters. The van der Waals surface area contributed by atoms with Crippen LogP contribution in [0.2, 0.25) is 0 Å². The number of carbonyl (C=O) groups excluding carboxylic acids is 2. The maximum Gasteiger partial charge on any atom is 0.267 e. The Bertz CT molecular complexity index is 1040. The first-order valence-electron chi connectivity index (χ1n) is 8.36. The summed E-state index contributed by atoms with van der Waals surface area (Å²) in [6.07, 6.45) is 0.717. The van der Waals surface area contributed by atoms with Crippen molar-refractivity contribution in [2.75, 3.05) is 5.75 Å². The van der Waals surface area contributed by atoms with Crippen LogP contribution in [0, 0.1) is 6.92 Å². The van der Waals surface area contributed by atoms with Crippen molar-refractivity contribution in [3.63, 3.8) is 0 Å². The molecule has 1 atom stereocenters. The number of carbonyl (C=O) groups is 2. The van der Waals surface area contributed by atoms with Crippen molar-refractivity contribution in [1.82, 2.24) is 20.4 Å². The van der Waals surface area contributed by atoms with E-state index < -0.39 is 0 Å². The number of nitrogens with one attached hydrogen (secondary N) is 2. The van der Waals surface area contributed by atoms with Crippen molar-refractivity contribution in [3.05, 3.63) is 47.0 Å². The molecule has 0 saturated carbocycles. The molecule has 3 heterocycles. The van der Waals surface area contributed by atoms with Crippen LogP contribution in [0.1, 0.15) is 21.8 Å². The van der Waals surface area contributed by atoms with Gasteiger partial charge in [0.15, 0.2) is 5.11 Å². The molecule has 4 rings (SSSR count). The Hall–Kier alpha value is -2.23. The van der Waals surface area contributed by atoms with Gasteiger partial charge in [-0.1, -0.05) is 30.0 Å². The zero-order chi connectivity index (χ0) is 19.0. The summed E-state index contributed by atoms with van der Waals surface area (Å²) in [4.78, 5) is 25.7. The van der Waals surface area contributed by atoms with Crippen molar-refractivity contribution in [3.8, 4) is 5.69 Å². The molecular formula is C18H16N4O2S3. The average molecular weight is 417 g/mol. The minimum Gasteiger partial charge on any atom is -0.352 e. The highest BCUT2D eigenvalue weighted by atomic mass is 32.2. The van der Waals surface area contributed by atoms with Gasteiger partial charge < -0.3 is 5.32 Å². The molecule has 1 fully saturated rings. The molecule has 2 aromatic heterocycles. The number of hydrogen-bond acceptors (Lipinski definition) is 6. The molecule has 1 saturated heterocycles. The van der Waals surface area contributed by atoms with Crippen LogP contribution in [0.15, 0.2) is 36.4 Å². The second-order valence-electron chi connectivity index (χ2n) is 6.10. The third kappa shape index (κ3) is 3.62. The Morgan fingerprint density at radius 1 is 1.33 bits per heavy atom. The van der Waals surface area contributed by atoms with Crippen molar-refractivity contribution in [2.45, 2.75) is 19.4 Å². The maximum atomic E-state index is 12.6. The SMILES string of the molecule is Cc1nn(-c2ccccc2)c2sc(C(=O)NC(=S)N[C@@H]3CCSC3=O)cc12. The van der Waals surface area contributed by atoms with Gasteiger partial charge in [0.05, 0.1) is 22.3 Å². The topological polar surface area (TPSA) is 76.0 Å². The van der Waals surface area contributed by atoms with E-state index in [1.165, 1.54) is 23.1 Å². The average Bonchev–Trinajstić information content (AvgIpc) is 3.33. The minimum absolute atomic E-state index is 0.0621. The molecule has 9 heteroatoms. The molecule has 0 radical (unpaired) electrons. The second kappa shape index (κ2) is 7.41. The van der Waals surface area contributed by atoms with E-state index in [4.69, 9.17) is 12.2 Å². The predicted octanol–water partition coefficient (Wildman–Crippen LogP) is 3.03. The first kappa shape index (κ1) is 18.1. The monoisotopic (exact) mass is 416 g/mol. The molecule has 1 aliphatic rings. The molecule has 2 N–H and O–H groups in total. The van der Waals surface area contributed by atoms with Crippen LogP contribution in [0.4, 0.5) is 0 Å². The van der Waals surface area contributed by atoms with Crippen LogP contribution in [0.3, 0.4) is 0 Å². The number of thioether (sulfide) groups is 1. The lowest BCUT2D eigenvalue weighted by Crippen LogP contribution is -2.45. The molecule has 0 aliphatic carbocycles. The van der Waals surface area contributed by atoms with Crippen molar-refractivity contribution < 1.29 is 9.59 Å². The van der Waals surface area contributed by atoms with Crippen LogP contribution in [0.25, 0.3) is 15.9 Å². The maximum absolute atomic E-state index is 12.6. The van der Waals surface area contributed by atoms with E-state index in [0.29, 0.717) is 11.3 Å². The number of amides is 1. The summed E-state index contributed by atoms with van der Waals surface area (Å²) >= 11 is 7.84. The van der Waals surface area contributed by atoms with E-state index in [2.05, 4.69) is 15.7 Å². The molecule has 27 heavy (non-hydrogen) atoms. The predicted molar refractivity (Wildman–Crippen MR) is 113 cm³/mol. The van der Waals surface area contributed by atoms with E-state index in [1.807, 2.05) is 48.0 Å². The van der Waals surface area contributed by atoms with E-state index in [-0.39, 0.29) is 22.2 Å². The Kier molecular flexibility index (Phi) is 4.98. The van der Waals surface area contributed by atoms with Crippen molar-refractivity contribution in [2.24, 2.45) is 0 Å². The summed E-state index contributed by atoms with van der Waals surface area (Å²) in [6, 6.07) is 11.3. The summed E-state index contributed by atoms with van der Waals surface area (Å²) in [6.45, 7) is 1.92. The Morgan fingerprint density at radius 3 is 2.81 bits per heavy atom. The minimum atomic E-state index is -0.320. The third-order valence-corrected chi connectivity index (χ3v) is 6.58. The molecule has 1 aliphatic heterocycles. The van der Waals surface area contributed by atoms with Gasteiger partial charge in [-0.3, -0.25) is 14.9 Å². The normalized spacial score (nSPS) is 16.6. The summed E-state index contributed by atoms with van der Waals surface area (Å²) in [5.74, 6) is 0.490. The van der Waals surface area contributed by atoms with E-state index in [9.17, 15) is 9.59 Å². The van der Waals surface area contributed by atoms with Gasteiger partial charge in [-0.2, -0.15) is 5.10 Å². The summed E-state index contributed by atoms with van der Waals surface area (Å²) in [5, 5.41) is 11.4. The van der Waals surface area contributed by atoms with Gasteiger partial charge in [0.25, 0.3) is 5.91 Å². The summed E-state index contributed by atoms with van der Waals surface area (Å²) in [5.41, 5.74) is 1.80. The van der Waals surface area contributed by atoms with Crippen LogP contribution < -0.4 is 10.6 Å². The number of nitrogens with zero attached hydrogens (tertiary/aromatic N) is 2. The quantitative estimate of drug-likeness (QED) is 0.639. The van der Waals surface area contributed by atoms with E-state index >= 15 is 0 Å². The van der Waals surface area contributed by atoms with Crippen molar-refractivity contribution in [1.29, 1.82) is 0 Å². The fourth-order valence-corrected chi connectivity index (χ4v) is 5.14. The van der Waals surface area contributed by atoms with Crippen LogP contribution >= 0.6 is 35.3 Å². The molecule has 1 aromatic carbocycles. The van der Waals surface area contributed by atoms with Gasteiger partial charge in [0, 0.05) is 11.1 Å². The number of aromatic nitrogens is 2. The molecular weight excluding hydrogens is 400 g/mol. The van der Waals surface area contributed by atoms with Gasteiger partial charge in [-0.25, -0.2) is 4.68 Å². The summed E-state index contributed by atoms with van der Waals surface area (Å²) < 4.78 is 1.84. The van der Waals surface area contributed by atoms with Gasteiger partial charge in [-0.15, -0.1) is 11.3 Å². The van der Waals surface area contributed by atoms with E-state index in [1.54, 1.807) is 0 Å². The van der Waals surface area contributed by atoms with Crippen LogP contribution in [0.5, 0.6) is 0 Å². The van der Waals surface area contributed by atoms with E-state index in [0.717, 1.165) is 27.4 Å². The number of thiocarbonyl (C=S) groups is 1. The zero-order valence-corrected chi connectivity index (χ0v) is 16.8. The number of fused-ring (bicyclic) bond motifs is 1.